The minimum Gasteiger partial charge on any atom is -0.466 e. The van der Waals surface area contributed by atoms with Gasteiger partial charge in [-0.2, -0.15) is 5.26 Å². The van der Waals surface area contributed by atoms with Gasteiger partial charge >= 0.3 is 0 Å². The summed E-state index contributed by atoms with van der Waals surface area (Å²) in [5.74, 6) is -1.01. The van der Waals surface area contributed by atoms with Gasteiger partial charge in [0, 0.05) is 25.2 Å². The zero-order chi connectivity index (χ0) is 24.9. The van der Waals surface area contributed by atoms with Crippen molar-refractivity contribution in [2.75, 3.05) is 20.7 Å². The van der Waals surface area contributed by atoms with Crippen LogP contribution in [0.3, 0.4) is 0 Å². The summed E-state index contributed by atoms with van der Waals surface area (Å²) in [6.45, 7) is -0.422. The van der Waals surface area contributed by atoms with Crippen LogP contribution in [-0.2, 0) is 14.8 Å². The second-order valence-electron chi connectivity index (χ2n) is 6.89. The number of nitriles is 1. The van der Waals surface area contributed by atoms with Crippen molar-refractivity contribution in [3.05, 3.63) is 66.0 Å². The van der Waals surface area contributed by atoms with E-state index in [1.54, 1.807) is 0 Å². The van der Waals surface area contributed by atoms with E-state index in [1.165, 1.54) is 68.7 Å². The van der Waals surface area contributed by atoms with Crippen LogP contribution in [0, 0.1) is 17.1 Å². The van der Waals surface area contributed by atoms with Crippen LogP contribution < -0.4 is 20.7 Å². The van der Waals surface area contributed by atoms with E-state index in [9.17, 15) is 22.9 Å². The summed E-state index contributed by atoms with van der Waals surface area (Å²) in [4.78, 5) is 16.6. The first-order chi connectivity index (χ1) is 16.2. The van der Waals surface area contributed by atoms with Crippen molar-refractivity contribution >= 4 is 15.9 Å². The van der Waals surface area contributed by atoms with E-state index in [-0.39, 0.29) is 16.3 Å². The molecule has 0 aliphatic heterocycles. The highest BCUT2D eigenvalue weighted by atomic mass is 32.2. The number of benzene rings is 2. The number of rotatable bonds is 8. The average molecular weight is 485 g/mol. The number of ether oxygens (including phenoxy) is 1. The van der Waals surface area contributed by atoms with Gasteiger partial charge in [0.2, 0.25) is 15.9 Å². The van der Waals surface area contributed by atoms with E-state index < -0.39 is 28.4 Å². The predicted molar refractivity (Wildman–Crippen MR) is 122 cm³/mol. The number of aromatic nitrogens is 1. The number of pyridine rings is 1. The van der Waals surface area contributed by atoms with Crippen LogP contribution in [0.5, 0.6) is 5.88 Å². The van der Waals surface area contributed by atoms with Gasteiger partial charge in [0.25, 0.3) is 5.91 Å². The lowest BCUT2D eigenvalue weighted by Gasteiger charge is -2.20. The van der Waals surface area contributed by atoms with Gasteiger partial charge < -0.3 is 4.74 Å². The molecule has 4 N–H and O–H groups in total. The maximum atomic E-state index is 13.5. The van der Waals surface area contributed by atoms with Crippen LogP contribution in [0.2, 0.25) is 0 Å². The Morgan fingerprint density at radius 3 is 2.24 bits per heavy atom. The van der Waals surface area contributed by atoms with E-state index in [2.05, 4.69) is 15.8 Å². The Morgan fingerprint density at radius 2 is 1.71 bits per heavy atom. The van der Waals surface area contributed by atoms with Crippen molar-refractivity contribution < 1.29 is 22.3 Å². The van der Waals surface area contributed by atoms with Crippen LogP contribution in [0.4, 0.5) is 4.39 Å². The SMILES string of the molecule is CNN(NC)C(=O)COc1nc(-c2ccc(F)cc2)c(-c2ccc(S(N)(=O)=O)cc2)cc1C#N. The number of hydrogen-bond acceptors (Lipinski definition) is 8. The van der Waals surface area contributed by atoms with Crippen LogP contribution in [0.25, 0.3) is 22.4 Å². The highest BCUT2D eigenvalue weighted by Gasteiger charge is 2.19. The number of carbonyl (C=O) groups is 1. The molecular formula is C22H21FN6O4S. The summed E-state index contributed by atoms with van der Waals surface area (Å²) in [5, 5.41) is 15.9. The Morgan fingerprint density at radius 1 is 1.12 bits per heavy atom. The maximum Gasteiger partial charge on any atom is 0.289 e. The minimum absolute atomic E-state index is 0.0460. The highest BCUT2D eigenvalue weighted by molar-refractivity contribution is 7.89. The number of halogens is 1. The lowest BCUT2D eigenvalue weighted by molar-refractivity contribution is -0.139. The average Bonchev–Trinajstić information content (AvgIpc) is 2.83. The molecule has 10 nitrogen and oxygen atoms in total. The molecule has 0 unspecified atom stereocenters. The molecule has 1 amide bonds. The largest absolute Gasteiger partial charge is 0.466 e. The fourth-order valence-corrected chi connectivity index (χ4v) is 3.63. The number of hydrogen-bond donors (Lipinski definition) is 3. The highest BCUT2D eigenvalue weighted by Crippen LogP contribution is 2.35. The summed E-state index contributed by atoms with van der Waals surface area (Å²) in [7, 11) is -0.816. The quantitative estimate of drug-likeness (QED) is 0.408. The number of sulfonamides is 1. The summed E-state index contributed by atoms with van der Waals surface area (Å²) in [6, 6.07) is 14.7. The van der Waals surface area contributed by atoms with Crippen LogP contribution >= 0.6 is 0 Å². The van der Waals surface area contributed by atoms with E-state index >= 15 is 0 Å². The fraction of sp³-hybridized carbons (Fsp3) is 0.136. The Kier molecular flexibility index (Phi) is 7.54. The summed E-state index contributed by atoms with van der Waals surface area (Å²) >= 11 is 0. The second-order valence-corrected chi connectivity index (χ2v) is 8.45. The molecule has 0 radical (unpaired) electrons. The van der Waals surface area contributed by atoms with Gasteiger partial charge in [0.1, 0.15) is 17.4 Å². The molecular weight excluding hydrogens is 463 g/mol. The van der Waals surface area contributed by atoms with Crippen molar-refractivity contribution in [1.82, 2.24) is 21.0 Å². The summed E-state index contributed by atoms with van der Waals surface area (Å²) in [6.07, 6.45) is 0. The minimum atomic E-state index is -3.89. The molecule has 1 aromatic heterocycles. The number of amides is 1. The number of nitrogens with two attached hydrogens (primary N) is 1. The van der Waals surface area contributed by atoms with Crippen molar-refractivity contribution in [2.45, 2.75) is 4.90 Å². The molecule has 1 heterocycles. The molecule has 0 fully saturated rings. The third kappa shape index (κ3) is 5.53. The Labute approximate surface area is 195 Å². The molecule has 0 aliphatic carbocycles. The van der Waals surface area contributed by atoms with Gasteiger partial charge in [-0.25, -0.2) is 38.9 Å². The van der Waals surface area contributed by atoms with Gasteiger partial charge in [-0.05, 0) is 48.0 Å². The molecule has 0 bridgehead atoms. The molecule has 0 spiro atoms. The first-order valence-corrected chi connectivity index (χ1v) is 11.4. The van der Waals surface area contributed by atoms with Crippen LogP contribution in [0.15, 0.2) is 59.5 Å². The maximum absolute atomic E-state index is 13.5. The first-order valence-electron chi connectivity index (χ1n) is 9.82. The number of nitrogens with one attached hydrogen (secondary N) is 2. The van der Waals surface area contributed by atoms with E-state index in [0.29, 0.717) is 22.4 Å². The lowest BCUT2D eigenvalue weighted by Crippen LogP contribution is -2.50. The number of hydrazine groups is 2. The van der Waals surface area contributed by atoms with Gasteiger partial charge in [0.15, 0.2) is 6.61 Å². The molecule has 12 heteroatoms. The topological polar surface area (TPSA) is 150 Å². The smallest absolute Gasteiger partial charge is 0.289 e. The lowest BCUT2D eigenvalue weighted by atomic mass is 9.98. The molecule has 2 aromatic carbocycles. The number of nitrogens with zero attached hydrogens (tertiary/aromatic N) is 3. The van der Waals surface area contributed by atoms with Gasteiger partial charge in [-0.3, -0.25) is 4.79 Å². The zero-order valence-corrected chi connectivity index (χ0v) is 19.1. The van der Waals surface area contributed by atoms with Crippen LogP contribution in [-0.4, -0.2) is 45.1 Å². The Balaban J connectivity index is 2.11. The molecule has 34 heavy (non-hydrogen) atoms. The van der Waals surface area contributed by atoms with Crippen molar-refractivity contribution in [1.29, 1.82) is 5.26 Å². The normalized spacial score (nSPS) is 11.0. The summed E-state index contributed by atoms with van der Waals surface area (Å²) < 4.78 is 42.3. The molecule has 3 aromatic rings. The van der Waals surface area contributed by atoms with Crippen molar-refractivity contribution in [2.24, 2.45) is 5.14 Å². The number of carbonyl (C=O) groups excluding carboxylic acids is 1. The van der Waals surface area contributed by atoms with E-state index in [4.69, 9.17) is 9.88 Å². The van der Waals surface area contributed by atoms with Gasteiger partial charge in [0.05, 0.1) is 10.6 Å². The van der Waals surface area contributed by atoms with Crippen molar-refractivity contribution in [3.8, 4) is 34.3 Å². The van der Waals surface area contributed by atoms with Gasteiger partial charge in [-0.15, -0.1) is 0 Å². The molecule has 3 rings (SSSR count). The van der Waals surface area contributed by atoms with E-state index in [1.807, 2.05) is 6.07 Å². The molecule has 176 valence electrons. The standard InChI is InChI=1S/C22H21FN6O4S/c1-26-29(27-2)20(30)13-33-22-16(12-24)11-19(14-5-9-18(10-6-14)34(25,31)32)21(28-22)15-3-7-17(23)8-4-15/h3-11,26-27H,13H2,1-2H3,(H2,25,31,32). The first kappa shape index (κ1) is 24.7. The van der Waals surface area contributed by atoms with Crippen LogP contribution in [0.1, 0.15) is 5.56 Å². The Hall–Kier alpha value is -3.89. The predicted octanol–water partition coefficient (Wildman–Crippen LogP) is 1.55. The second kappa shape index (κ2) is 10.4. The fourth-order valence-electron chi connectivity index (χ4n) is 3.11. The van der Waals surface area contributed by atoms with Gasteiger partial charge in [-0.1, -0.05) is 12.1 Å². The molecule has 0 atom stereocenters. The molecule has 0 aliphatic rings. The number of primary sulfonamides is 1. The Bertz CT molecular complexity index is 1340. The molecule has 0 saturated carbocycles. The monoisotopic (exact) mass is 484 g/mol. The third-order valence-corrected chi connectivity index (χ3v) is 5.68. The third-order valence-electron chi connectivity index (χ3n) is 4.75. The zero-order valence-electron chi connectivity index (χ0n) is 18.2. The van der Waals surface area contributed by atoms with E-state index in [0.717, 1.165) is 5.12 Å². The van der Waals surface area contributed by atoms with Crippen molar-refractivity contribution in [3.63, 3.8) is 0 Å². The molecule has 0 saturated heterocycles. The summed E-state index contributed by atoms with van der Waals surface area (Å²) in [5.41, 5.74) is 7.15.